The smallest absolute Gasteiger partial charge is 0.0489 e. The highest BCUT2D eigenvalue weighted by molar-refractivity contribution is 4.87. The summed E-state index contributed by atoms with van der Waals surface area (Å²) in [4.78, 5) is 2.61. The highest BCUT2D eigenvalue weighted by Gasteiger charge is 2.27. The number of nitrogens with one attached hydrogen (secondary N) is 1. The van der Waals surface area contributed by atoms with E-state index in [4.69, 9.17) is 4.74 Å². The predicted molar refractivity (Wildman–Crippen MR) is 75.9 cm³/mol. The molecule has 1 heterocycles. The summed E-state index contributed by atoms with van der Waals surface area (Å²) in [6.07, 6.45) is 6.72. The Morgan fingerprint density at radius 2 is 2.06 bits per heavy atom. The summed E-state index contributed by atoms with van der Waals surface area (Å²) in [5.41, 5.74) is 0. The molecule has 0 aromatic rings. The van der Waals surface area contributed by atoms with Gasteiger partial charge in [-0.05, 0) is 44.6 Å². The molecule has 1 saturated carbocycles. The van der Waals surface area contributed by atoms with Crippen LogP contribution in [0, 0.1) is 5.92 Å². The van der Waals surface area contributed by atoms with Gasteiger partial charge in [-0.15, -0.1) is 0 Å². The Morgan fingerprint density at radius 1 is 1.22 bits per heavy atom. The van der Waals surface area contributed by atoms with Crippen LogP contribution in [0.15, 0.2) is 0 Å². The van der Waals surface area contributed by atoms with Crippen molar-refractivity contribution in [1.29, 1.82) is 0 Å². The van der Waals surface area contributed by atoms with E-state index in [1.807, 2.05) is 0 Å². The van der Waals surface area contributed by atoms with Crippen molar-refractivity contribution < 1.29 is 4.74 Å². The first kappa shape index (κ1) is 14.3. The van der Waals surface area contributed by atoms with Gasteiger partial charge in [-0.3, -0.25) is 0 Å². The van der Waals surface area contributed by atoms with E-state index in [-0.39, 0.29) is 0 Å². The average molecular weight is 254 g/mol. The minimum atomic E-state index is 0.659. The molecule has 0 spiro atoms. The molecule has 2 rings (SSSR count). The van der Waals surface area contributed by atoms with Gasteiger partial charge in [0.05, 0.1) is 0 Å². The molecule has 0 radical (unpaired) electrons. The fourth-order valence-corrected chi connectivity index (χ4v) is 2.69. The van der Waals surface area contributed by atoms with Gasteiger partial charge in [0.15, 0.2) is 0 Å². The molecule has 1 saturated heterocycles. The van der Waals surface area contributed by atoms with Crippen LogP contribution in [0.5, 0.6) is 0 Å². The first-order valence-electron chi connectivity index (χ1n) is 7.80. The average Bonchev–Trinajstić information content (AvgIpc) is 3.13. The van der Waals surface area contributed by atoms with Crippen molar-refractivity contribution in [2.45, 2.75) is 58.0 Å². The standard InChI is InChI=1S/C15H30N2O/c1-13(2)12-18-10-4-9-17-8-3-5-15(11-17)16-14-6-7-14/h13-16H,3-12H2,1-2H3. The summed E-state index contributed by atoms with van der Waals surface area (Å²) in [5.74, 6) is 0.659. The van der Waals surface area contributed by atoms with Crippen LogP contribution in [0.25, 0.3) is 0 Å². The Kier molecular flexibility index (Phi) is 5.93. The molecule has 1 aliphatic heterocycles. The zero-order valence-electron chi connectivity index (χ0n) is 12.2. The van der Waals surface area contributed by atoms with E-state index >= 15 is 0 Å². The maximum absolute atomic E-state index is 5.65. The normalized spacial score (nSPS) is 25.8. The molecule has 1 N–H and O–H groups in total. The maximum Gasteiger partial charge on any atom is 0.0489 e. The number of likely N-dealkylation sites (tertiary alicyclic amines) is 1. The minimum Gasteiger partial charge on any atom is -0.381 e. The molecule has 2 aliphatic rings. The molecule has 0 aromatic carbocycles. The van der Waals surface area contributed by atoms with Crippen molar-refractivity contribution in [1.82, 2.24) is 10.2 Å². The van der Waals surface area contributed by atoms with Gasteiger partial charge in [0.1, 0.15) is 0 Å². The van der Waals surface area contributed by atoms with Gasteiger partial charge >= 0.3 is 0 Å². The number of ether oxygens (including phenoxy) is 1. The highest BCUT2D eigenvalue weighted by Crippen LogP contribution is 2.21. The molecule has 0 amide bonds. The van der Waals surface area contributed by atoms with Gasteiger partial charge in [-0.1, -0.05) is 13.8 Å². The summed E-state index contributed by atoms with van der Waals surface area (Å²) < 4.78 is 5.65. The SMILES string of the molecule is CC(C)COCCCN1CCCC(NC2CC2)C1. The lowest BCUT2D eigenvalue weighted by atomic mass is 10.1. The third-order valence-electron chi connectivity index (χ3n) is 3.77. The third kappa shape index (κ3) is 5.68. The molecule has 3 nitrogen and oxygen atoms in total. The van der Waals surface area contributed by atoms with E-state index in [1.54, 1.807) is 0 Å². The highest BCUT2D eigenvalue weighted by atomic mass is 16.5. The molecule has 106 valence electrons. The molecule has 0 bridgehead atoms. The zero-order valence-corrected chi connectivity index (χ0v) is 12.2. The number of nitrogens with zero attached hydrogens (tertiary/aromatic N) is 1. The Balaban J connectivity index is 1.51. The largest absolute Gasteiger partial charge is 0.381 e. The van der Waals surface area contributed by atoms with E-state index in [1.165, 1.54) is 51.7 Å². The van der Waals surface area contributed by atoms with Gasteiger partial charge < -0.3 is 15.0 Å². The molecule has 3 heteroatoms. The molecule has 2 fully saturated rings. The van der Waals surface area contributed by atoms with Crippen molar-refractivity contribution in [3.05, 3.63) is 0 Å². The molecule has 0 aromatic heterocycles. The lowest BCUT2D eigenvalue weighted by Crippen LogP contribution is -2.46. The van der Waals surface area contributed by atoms with Gasteiger partial charge in [0, 0.05) is 38.4 Å². The second kappa shape index (κ2) is 7.46. The Bertz CT molecular complexity index is 229. The van der Waals surface area contributed by atoms with Crippen molar-refractivity contribution >= 4 is 0 Å². The predicted octanol–water partition coefficient (Wildman–Crippen LogP) is 2.27. The van der Waals surface area contributed by atoms with Crippen molar-refractivity contribution in [3.63, 3.8) is 0 Å². The summed E-state index contributed by atoms with van der Waals surface area (Å²) in [6.45, 7) is 9.99. The van der Waals surface area contributed by atoms with Crippen molar-refractivity contribution in [3.8, 4) is 0 Å². The molecule has 1 unspecified atom stereocenters. The lowest BCUT2D eigenvalue weighted by molar-refractivity contribution is 0.0941. The van der Waals surface area contributed by atoms with E-state index in [2.05, 4.69) is 24.1 Å². The van der Waals surface area contributed by atoms with Crippen LogP contribution in [0.4, 0.5) is 0 Å². The molecular formula is C15H30N2O. The number of hydrogen-bond acceptors (Lipinski definition) is 3. The second-order valence-corrected chi connectivity index (χ2v) is 6.40. The second-order valence-electron chi connectivity index (χ2n) is 6.40. The monoisotopic (exact) mass is 254 g/mol. The van der Waals surface area contributed by atoms with Crippen LogP contribution in [0.3, 0.4) is 0 Å². The van der Waals surface area contributed by atoms with Crippen molar-refractivity contribution in [2.75, 3.05) is 32.8 Å². The van der Waals surface area contributed by atoms with Crippen LogP contribution in [-0.2, 0) is 4.74 Å². The number of piperidine rings is 1. The van der Waals surface area contributed by atoms with Crippen molar-refractivity contribution in [2.24, 2.45) is 5.92 Å². The summed E-state index contributed by atoms with van der Waals surface area (Å²) in [6, 6.07) is 1.60. The van der Waals surface area contributed by atoms with Gasteiger partial charge in [0.25, 0.3) is 0 Å². The van der Waals surface area contributed by atoms with Crippen LogP contribution in [0.1, 0.15) is 46.0 Å². The summed E-state index contributed by atoms with van der Waals surface area (Å²) >= 11 is 0. The molecule has 1 aliphatic carbocycles. The summed E-state index contributed by atoms with van der Waals surface area (Å²) in [7, 11) is 0. The number of hydrogen-bond donors (Lipinski definition) is 1. The first-order valence-corrected chi connectivity index (χ1v) is 7.80. The van der Waals surface area contributed by atoms with Gasteiger partial charge in [-0.2, -0.15) is 0 Å². The van der Waals surface area contributed by atoms with Crippen LogP contribution in [-0.4, -0.2) is 49.8 Å². The Labute approximate surface area is 112 Å². The van der Waals surface area contributed by atoms with E-state index in [9.17, 15) is 0 Å². The molecule has 1 atom stereocenters. The molecule has 18 heavy (non-hydrogen) atoms. The zero-order chi connectivity index (χ0) is 12.8. The Hall–Kier alpha value is -0.120. The third-order valence-corrected chi connectivity index (χ3v) is 3.77. The van der Waals surface area contributed by atoms with E-state index in [0.29, 0.717) is 5.92 Å². The fraction of sp³-hybridized carbons (Fsp3) is 1.00. The van der Waals surface area contributed by atoms with E-state index in [0.717, 1.165) is 25.3 Å². The van der Waals surface area contributed by atoms with Crippen LogP contribution >= 0.6 is 0 Å². The summed E-state index contributed by atoms with van der Waals surface area (Å²) in [5, 5.41) is 3.77. The number of rotatable bonds is 8. The first-order chi connectivity index (χ1) is 8.74. The quantitative estimate of drug-likeness (QED) is 0.673. The maximum atomic E-state index is 5.65. The van der Waals surface area contributed by atoms with Crippen LogP contribution in [0.2, 0.25) is 0 Å². The van der Waals surface area contributed by atoms with Gasteiger partial charge in [-0.25, -0.2) is 0 Å². The van der Waals surface area contributed by atoms with Gasteiger partial charge in [0.2, 0.25) is 0 Å². The Morgan fingerprint density at radius 3 is 2.78 bits per heavy atom. The topological polar surface area (TPSA) is 24.5 Å². The minimum absolute atomic E-state index is 0.659. The van der Waals surface area contributed by atoms with Crippen LogP contribution < -0.4 is 5.32 Å². The molecular weight excluding hydrogens is 224 g/mol. The fourth-order valence-electron chi connectivity index (χ4n) is 2.69. The van der Waals surface area contributed by atoms with E-state index < -0.39 is 0 Å². The lowest BCUT2D eigenvalue weighted by Gasteiger charge is -2.33.